The van der Waals surface area contributed by atoms with E-state index in [-0.39, 0.29) is 17.9 Å². The lowest BCUT2D eigenvalue weighted by molar-refractivity contribution is -0.389. The first-order valence-corrected chi connectivity index (χ1v) is 6.59. The van der Waals surface area contributed by atoms with Crippen LogP contribution in [0.25, 0.3) is 0 Å². The van der Waals surface area contributed by atoms with Gasteiger partial charge in [0.15, 0.2) is 6.20 Å². The van der Waals surface area contributed by atoms with Gasteiger partial charge >= 0.3 is 5.82 Å². The molecule has 0 fully saturated rings. The van der Waals surface area contributed by atoms with Crippen molar-refractivity contribution in [2.24, 2.45) is 0 Å². The van der Waals surface area contributed by atoms with E-state index >= 15 is 0 Å². The van der Waals surface area contributed by atoms with Crippen LogP contribution in [0.3, 0.4) is 0 Å². The zero-order chi connectivity index (χ0) is 13.8. The van der Waals surface area contributed by atoms with Crippen molar-refractivity contribution in [3.8, 4) is 0 Å². The number of nitrogens with one attached hydrogen (secondary N) is 1. The highest BCUT2D eigenvalue weighted by atomic mass is 32.2. The summed E-state index contributed by atoms with van der Waals surface area (Å²) in [4.78, 5) is 12.9. The highest BCUT2D eigenvalue weighted by molar-refractivity contribution is 7.89. The molecule has 100 valence electrons. The molecular weight excluding hydrogens is 262 g/mol. The Hall–Kier alpha value is -1.58. The Bertz CT molecular complexity index is 514. The van der Waals surface area contributed by atoms with E-state index in [0.717, 1.165) is 18.3 Å². The van der Waals surface area contributed by atoms with Crippen LogP contribution < -0.4 is 4.72 Å². The van der Waals surface area contributed by atoms with Crippen molar-refractivity contribution in [1.29, 1.82) is 0 Å². The van der Waals surface area contributed by atoms with Crippen LogP contribution in [-0.4, -0.2) is 36.1 Å². The first-order valence-electron chi connectivity index (χ1n) is 5.10. The van der Waals surface area contributed by atoms with E-state index in [1.807, 2.05) is 0 Å². The summed E-state index contributed by atoms with van der Waals surface area (Å²) in [6, 6.07) is 1.69. The van der Waals surface area contributed by atoms with Gasteiger partial charge in [-0.2, -0.15) is 0 Å². The number of sulfonamides is 1. The van der Waals surface area contributed by atoms with Gasteiger partial charge in [-0.1, -0.05) is 0 Å². The molecule has 9 heteroatoms. The van der Waals surface area contributed by atoms with E-state index < -0.39 is 26.8 Å². The van der Waals surface area contributed by atoms with Crippen molar-refractivity contribution in [2.75, 3.05) is 6.61 Å². The van der Waals surface area contributed by atoms with Crippen LogP contribution in [0.15, 0.2) is 23.2 Å². The third-order valence-electron chi connectivity index (χ3n) is 2.14. The number of aromatic nitrogens is 1. The van der Waals surface area contributed by atoms with Crippen LogP contribution in [0.4, 0.5) is 5.82 Å². The standard InChI is InChI=1S/C9H13N3O5S/c1-7(4-5-13)11-18(16,17)8-2-3-9(10-6-8)12(14)15/h2-3,6-7,11,13H,4-5H2,1H3. The molecule has 18 heavy (non-hydrogen) atoms. The number of nitro groups is 1. The molecule has 1 unspecified atom stereocenters. The Morgan fingerprint density at radius 3 is 2.67 bits per heavy atom. The smallest absolute Gasteiger partial charge is 0.363 e. The predicted octanol–water partition coefficient (Wildman–Crippen LogP) is 0.0390. The number of hydrogen-bond donors (Lipinski definition) is 2. The molecule has 0 aliphatic heterocycles. The zero-order valence-electron chi connectivity index (χ0n) is 9.61. The van der Waals surface area contributed by atoms with Gasteiger partial charge in [0, 0.05) is 18.7 Å². The molecule has 0 radical (unpaired) electrons. The van der Waals surface area contributed by atoms with Crippen LogP contribution in [0, 0.1) is 10.1 Å². The minimum atomic E-state index is -3.77. The number of aliphatic hydroxyl groups is 1. The summed E-state index contributed by atoms with van der Waals surface area (Å²) in [6.45, 7) is 1.47. The number of nitrogens with zero attached hydrogens (tertiary/aromatic N) is 2. The molecule has 0 amide bonds. The zero-order valence-corrected chi connectivity index (χ0v) is 10.4. The summed E-state index contributed by atoms with van der Waals surface area (Å²) in [5.41, 5.74) is 0. The van der Waals surface area contributed by atoms with Crippen molar-refractivity contribution in [3.05, 3.63) is 28.4 Å². The number of hydrogen-bond acceptors (Lipinski definition) is 6. The van der Waals surface area contributed by atoms with Gasteiger partial charge in [0.05, 0.1) is 0 Å². The fraction of sp³-hybridized carbons (Fsp3) is 0.444. The van der Waals surface area contributed by atoms with E-state index in [2.05, 4.69) is 9.71 Å². The fourth-order valence-electron chi connectivity index (χ4n) is 1.22. The van der Waals surface area contributed by atoms with Gasteiger partial charge in [-0.3, -0.25) is 0 Å². The van der Waals surface area contributed by atoms with Gasteiger partial charge in [-0.15, -0.1) is 0 Å². The maximum atomic E-state index is 11.8. The predicted molar refractivity (Wildman–Crippen MR) is 62.4 cm³/mol. The van der Waals surface area contributed by atoms with Crippen molar-refractivity contribution >= 4 is 15.8 Å². The highest BCUT2D eigenvalue weighted by Gasteiger charge is 2.20. The quantitative estimate of drug-likeness (QED) is 0.558. The fourth-order valence-corrected chi connectivity index (χ4v) is 2.45. The van der Waals surface area contributed by atoms with Crippen molar-refractivity contribution < 1.29 is 18.4 Å². The minimum absolute atomic E-state index is 0.137. The first kappa shape index (κ1) is 14.5. The second kappa shape index (κ2) is 5.85. The van der Waals surface area contributed by atoms with E-state index in [0.29, 0.717) is 0 Å². The normalized spacial score (nSPS) is 13.2. The molecule has 1 rings (SSSR count). The Morgan fingerprint density at radius 1 is 1.56 bits per heavy atom. The molecule has 0 saturated heterocycles. The van der Waals surface area contributed by atoms with E-state index in [9.17, 15) is 18.5 Å². The van der Waals surface area contributed by atoms with Crippen LogP contribution >= 0.6 is 0 Å². The van der Waals surface area contributed by atoms with Crippen LogP contribution in [0.1, 0.15) is 13.3 Å². The number of aliphatic hydroxyl groups excluding tert-OH is 1. The van der Waals surface area contributed by atoms with Gasteiger partial charge in [-0.25, -0.2) is 13.1 Å². The molecule has 1 aromatic rings. The van der Waals surface area contributed by atoms with Gasteiger partial charge in [0.1, 0.15) is 4.90 Å². The SMILES string of the molecule is CC(CCO)NS(=O)(=O)c1ccc([N+](=O)[O-])nc1. The lowest BCUT2D eigenvalue weighted by Crippen LogP contribution is -2.33. The maximum Gasteiger partial charge on any atom is 0.363 e. The minimum Gasteiger partial charge on any atom is -0.396 e. The topological polar surface area (TPSA) is 122 Å². The summed E-state index contributed by atoms with van der Waals surface area (Å²) in [7, 11) is -3.77. The van der Waals surface area contributed by atoms with Crippen molar-refractivity contribution in [3.63, 3.8) is 0 Å². The average molecular weight is 275 g/mol. The molecule has 0 spiro atoms. The molecule has 0 aromatic carbocycles. The first-order chi connectivity index (χ1) is 8.36. The molecule has 0 aliphatic rings. The Morgan fingerprint density at radius 2 is 2.22 bits per heavy atom. The molecule has 8 nitrogen and oxygen atoms in total. The van der Waals surface area contributed by atoms with Crippen LogP contribution in [0.5, 0.6) is 0 Å². The molecule has 2 N–H and O–H groups in total. The molecule has 1 atom stereocenters. The van der Waals surface area contributed by atoms with Gasteiger partial charge < -0.3 is 15.2 Å². The second-order valence-corrected chi connectivity index (χ2v) is 5.36. The van der Waals surface area contributed by atoms with Crippen LogP contribution in [-0.2, 0) is 10.0 Å². The third kappa shape index (κ3) is 3.72. The second-order valence-electron chi connectivity index (χ2n) is 3.64. The average Bonchev–Trinajstić information content (AvgIpc) is 2.28. The Labute approximate surface area is 104 Å². The lowest BCUT2D eigenvalue weighted by atomic mass is 10.3. The van der Waals surface area contributed by atoms with Crippen molar-refractivity contribution in [2.45, 2.75) is 24.3 Å². The molecule has 0 aliphatic carbocycles. The molecule has 0 bridgehead atoms. The molecule has 1 aromatic heterocycles. The van der Waals surface area contributed by atoms with Gasteiger partial charge in [-0.05, 0) is 29.3 Å². The summed E-state index contributed by atoms with van der Waals surface area (Å²) < 4.78 is 25.9. The Balaban J connectivity index is 2.88. The summed E-state index contributed by atoms with van der Waals surface area (Å²) in [5.74, 6) is -0.419. The summed E-state index contributed by atoms with van der Waals surface area (Å²) in [6.07, 6.45) is 1.20. The summed E-state index contributed by atoms with van der Waals surface area (Å²) >= 11 is 0. The maximum absolute atomic E-state index is 11.8. The number of pyridine rings is 1. The van der Waals surface area contributed by atoms with Gasteiger partial charge in [0.2, 0.25) is 10.0 Å². The molecular formula is C9H13N3O5S. The largest absolute Gasteiger partial charge is 0.396 e. The molecule has 1 heterocycles. The number of rotatable bonds is 6. The molecule has 0 saturated carbocycles. The van der Waals surface area contributed by atoms with Crippen molar-refractivity contribution in [1.82, 2.24) is 9.71 Å². The Kier molecular flexibility index (Phi) is 4.70. The van der Waals surface area contributed by atoms with Crippen LogP contribution in [0.2, 0.25) is 0 Å². The third-order valence-corrected chi connectivity index (χ3v) is 3.71. The summed E-state index contributed by atoms with van der Waals surface area (Å²) in [5, 5.41) is 19.1. The van der Waals surface area contributed by atoms with E-state index in [1.165, 1.54) is 0 Å². The van der Waals surface area contributed by atoms with E-state index in [1.54, 1.807) is 6.92 Å². The monoisotopic (exact) mass is 275 g/mol. The lowest BCUT2D eigenvalue weighted by Gasteiger charge is -2.11. The highest BCUT2D eigenvalue weighted by Crippen LogP contribution is 2.12. The van der Waals surface area contributed by atoms with E-state index in [4.69, 9.17) is 5.11 Å². The van der Waals surface area contributed by atoms with Gasteiger partial charge in [0.25, 0.3) is 0 Å².